The van der Waals surface area contributed by atoms with E-state index >= 15 is 0 Å². The van der Waals surface area contributed by atoms with Crippen molar-refractivity contribution in [3.8, 4) is 23.8 Å². The van der Waals surface area contributed by atoms with Gasteiger partial charge in [0.25, 0.3) is 0 Å². The molecule has 11 nitrogen and oxygen atoms in total. The number of anilines is 2. The molecule has 216 valence electrons. The summed E-state index contributed by atoms with van der Waals surface area (Å²) in [5, 5.41) is 24.3. The number of nitriles is 2. The Labute approximate surface area is 245 Å². The summed E-state index contributed by atoms with van der Waals surface area (Å²) in [6.07, 6.45) is 7.05. The fraction of sp³-hybridized carbons (Fsp3) is 0.300. The number of benzene rings is 2. The number of nitrogens with one attached hydrogen (secondary N) is 2. The van der Waals surface area contributed by atoms with Gasteiger partial charge in [0.1, 0.15) is 5.75 Å². The second-order valence-corrected chi connectivity index (χ2v) is 12.1. The Morgan fingerprint density at radius 1 is 1.10 bits per heavy atom. The smallest absolute Gasteiger partial charge is 0.244 e. The molecule has 0 aliphatic carbocycles. The van der Waals surface area contributed by atoms with Gasteiger partial charge in [-0.1, -0.05) is 0 Å². The van der Waals surface area contributed by atoms with Gasteiger partial charge in [0.15, 0.2) is 0 Å². The molecule has 1 aliphatic heterocycles. The standard InChI is InChI=1S/C30H31N7O4S/c1-20-14-24(17-32)15-21(2)28(20)41-29-25(19-34-30(36-29)35-26-7-4-22(16-31)5-8-26)6-9-27(38)33-18-23-10-12-37(13-11-23)42(3,39)40/h4-9,14-15,19,23H,10-13,18H2,1-3H3,(H,33,38)(H,34,35,36)/b9-6+. The molecule has 1 aromatic heterocycles. The highest BCUT2D eigenvalue weighted by Crippen LogP contribution is 2.32. The lowest BCUT2D eigenvalue weighted by Crippen LogP contribution is -2.40. The molecule has 0 unspecified atom stereocenters. The molecule has 2 N–H and O–H groups in total. The van der Waals surface area contributed by atoms with Crippen molar-refractivity contribution in [3.05, 3.63) is 76.5 Å². The molecule has 3 aromatic rings. The topological polar surface area (TPSA) is 161 Å². The van der Waals surface area contributed by atoms with Gasteiger partial charge in [0.2, 0.25) is 27.8 Å². The zero-order valence-corrected chi connectivity index (χ0v) is 24.4. The van der Waals surface area contributed by atoms with Gasteiger partial charge in [0, 0.05) is 37.6 Å². The number of carbonyl (C=O) groups is 1. The molecule has 0 bridgehead atoms. The number of aromatic nitrogens is 2. The van der Waals surface area contributed by atoms with Crippen LogP contribution < -0.4 is 15.4 Å². The first kappa shape index (κ1) is 30.2. The molecule has 2 heterocycles. The van der Waals surface area contributed by atoms with Crippen molar-refractivity contribution in [2.75, 3.05) is 31.2 Å². The molecular weight excluding hydrogens is 554 g/mol. The van der Waals surface area contributed by atoms with Crippen LogP contribution in [0.5, 0.6) is 11.6 Å². The second-order valence-electron chi connectivity index (χ2n) is 10.1. The Hall–Kier alpha value is -4.78. The first-order chi connectivity index (χ1) is 20.0. The third-order valence-electron chi connectivity index (χ3n) is 6.86. The molecule has 4 rings (SSSR count). The minimum Gasteiger partial charge on any atom is -0.438 e. The maximum atomic E-state index is 12.6. The van der Waals surface area contributed by atoms with Crippen LogP contribution >= 0.6 is 0 Å². The van der Waals surface area contributed by atoms with Gasteiger partial charge in [-0.2, -0.15) is 15.5 Å². The van der Waals surface area contributed by atoms with Gasteiger partial charge < -0.3 is 15.4 Å². The van der Waals surface area contributed by atoms with Crippen molar-refractivity contribution in [1.29, 1.82) is 10.5 Å². The highest BCUT2D eigenvalue weighted by Gasteiger charge is 2.25. The van der Waals surface area contributed by atoms with Gasteiger partial charge >= 0.3 is 0 Å². The van der Waals surface area contributed by atoms with Crippen LogP contribution in [0.15, 0.2) is 48.7 Å². The zero-order valence-electron chi connectivity index (χ0n) is 23.6. The third kappa shape index (κ3) is 7.91. The van der Waals surface area contributed by atoms with E-state index in [0.717, 1.165) is 11.1 Å². The van der Waals surface area contributed by atoms with E-state index in [1.807, 2.05) is 13.8 Å². The molecule has 1 saturated heterocycles. The highest BCUT2D eigenvalue weighted by atomic mass is 32.2. The van der Waals surface area contributed by atoms with Crippen LogP contribution in [-0.4, -0.2) is 54.5 Å². The monoisotopic (exact) mass is 585 g/mol. The first-order valence-electron chi connectivity index (χ1n) is 13.3. The lowest BCUT2D eigenvalue weighted by molar-refractivity contribution is -0.116. The molecule has 0 spiro atoms. The van der Waals surface area contributed by atoms with Crippen molar-refractivity contribution >= 4 is 33.6 Å². The predicted molar refractivity (Wildman–Crippen MR) is 158 cm³/mol. The summed E-state index contributed by atoms with van der Waals surface area (Å²) >= 11 is 0. The molecule has 1 fully saturated rings. The van der Waals surface area contributed by atoms with Gasteiger partial charge in [-0.15, -0.1) is 0 Å². The molecule has 12 heteroatoms. The first-order valence-corrected chi connectivity index (χ1v) is 15.1. The Morgan fingerprint density at radius 2 is 1.74 bits per heavy atom. The zero-order chi connectivity index (χ0) is 30.3. The van der Waals surface area contributed by atoms with E-state index in [0.29, 0.717) is 60.6 Å². The molecular formula is C30H31N7O4S. The molecule has 0 atom stereocenters. The van der Waals surface area contributed by atoms with Crippen LogP contribution in [0.25, 0.3) is 6.08 Å². The fourth-order valence-corrected chi connectivity index (χ4v) is 5.45. The van der Waals surface area contributed by atoms with Crippen molar-refractivity contribution in [3.63, 3.8) is 0 Å². The van der Waals surface area contributed by atoms with Crippen LogP contribution in [0.4, 0.5) is 11.6 Å². The molecule has 0 saturated carbocycles. The van der Waals surface area contributed by atoms with E-state index in [4.69, 9.17) is 10.00 Å². The Kier molecular flexibility index (Phi) is 9.53. The molecule has 1 aliphatic rings. The van der Waals surface area contributed by atoms with Crippen molar-refractivity contribution in [1.82, 2.24) is 19.6 Å². The number of sulfonamides is 1. The fourth-order valence-electron chi connectivity index (χ4n) is 4.58. The summed E-state index contributed by atoms with van der Waals surface area (Å²) in [4.78, 5) is 21.6. The van der Waals surface area contributed by atoms with Gasteiger partial charge in [-0.25, -0.2) is 17.7 Å². The maximum Gasteiger partial charge on any atom is 0.244 e. The molecule has 0 radical (unpaired) electrons. The minimum atomic E-state index is -3.20. The number of piperidine rings is 1. The summed E-state index contributed by atoms with van der Waals surface area (Å²) in [5.41, 5.74) is 3.68. The highest BCUT2D eigenvalue weighted by molar-refractivity contribution is 7.88. The van der Waals surface area contributed by atoms with E-state index in [1.54, 1.807) is 42.5 Å². The van der Waals surface area contributed by atoms with Crippen LogP contribution in [0.2, 0.25) is 0 Å². The number of hydrogen-bond donors (Lipinski definition) is 2. The Bertz CT molecular complexity index is 1660. The Morgan fingerprint density at radius 3 is 2.33 bits per heavy atom. The number of rotatable bonds is 9. The number of hydrogen-bond acceptors (Lipinski definition) is 9. The minimum absolute atomic E-state index is 0.192. The molecule has 42 heavy (non-hydrogen) atoms. The van der Waals surface area contributed by atoms with Crippen LogP contribution in [0.1, 0.15) is 40.7 Å². The SMILES string of the molecule is Cc1cc(C#N)cc(C)c1Oc1nc(Nc2ccc(C#N)cc2)ncc1/C=C/C(=O)NCC1CCN(S(C)(=O)=O)CC1. The van der Waals surface area contributed by atoms with Crippen LogP contribution in [0.3, 0.4) is 0 Å². The summed E-state index contributed by atoms with van der Waals surface area (Å²) in [6.45, 7) is 5.01. The van der Waals surface area contributed by atoms with E-state index in [2.05, 4.69) is 32.7 Å². The van der Waals surface area contributed by atoms with Crippen molar-refractivity contribution in [2.45, 2.75) is 26.7 Å². The maximum absolute atomic E-state index is 12.6. The summed E-state index contributed by atoms with van der Waals surface area (Å²) < 4.78 is 31.1. The van der Waals surface area contributed by atoms with Gasteiger partial charge in [-0.05, 0) is 86.2 Å². The van der Waals surface area contributed by atoms with Gasteiger partial charge in [-0.3, -0.25) is 4.79 Å². The van der Waals surface area contributed by atoms with E-state index in [-0.39, 0.29) is 23.7 Å². The number of aryl methyl sites for hydroxylation is 2. The average Bonchev–Trinajstić information content (AvgIpc) is 2.97. The van der Waals surface area contributed by atoms with Gasteiger partial charge in [0.05, 0.1) is 35.1 Å². The lowest BCUT2D eigenvalue weighted by atomic mass is 9.98. The predicted octanol–water partition coefficient (Wildman–Crippen LogP) is 4.17. The van der Waals surface area contributed by atoms with E-state index < -0.39 is 10.0 Å². The third-order valence-corrected chi connectivity index (χ3v) is 8.16. The number of nitrogens with zero attached hydrogens (tertiary/aromatic N) is 5. The number of amides is 1. The van der Waals surface area contributed by atoms with Crippen LogP contribution in [0, 0.1) is 42.4 Å². The van der Waals surface area contributed by atoms with E-state index in [1.165, 1.54) is 22.8 Å². The molecule has 1 amide bonds. The lowest BCUT2D eigenvalue weighted by Gasteiger charge is -2.30. The second kappa shape index (κ2) is 13.3. The normalized spacial score (nSPS) is 14.2. The average molecular weight is 586 g/mol. The molecule has 2 aromatic carbocycles. The van der Waals surface area contributed by atoms with Crippen molar-refractivity contribution < 1.29 is 17.9 Å². The van der Waals surface area contributed by atoms with Crippen molar-refractivity contribution in [2.24, 2.45) is 5.92 Å². The summed E-state index contributed by atoms with van der Waals surface area (Å²) in [7, 11) is -3.20. The Balaban J connectivity index is 1.51. The number of carbonyl (C=O) groups excluding carboxylic acids is 1. The largest absolute Gasteiger partial charge is 0.438 e. The summed E-state index contributed by atoms with van der Waals surface area (Å²) in [6, 6.07) is 14.5. The quantitative estimate of drug-likeness (QED) is 0.351. The number of ether oxygens (including phenoxy) is 1. The van der Waals surface area contributed by atoms with E-state index in [9.17, 15) is 18.5 Å². The van der Waals surface area contributed by atoms with Crippen LogP contribution in [-0.2, 0) is 14.8 Å². The summed E-state index contributed by atoms with van der Waals surface area (Å²) in [5.74, 6) is 0.876.